The first-order chi connectivity index (χ1) is 15.5. The third-order valence-corrected chi connectivity index (χ3v) is 7.27. The highest BCUT2D eigenvalue weighted by Crippen LogP contribution is 2.22. The highest BCUT2D eigenvalue weighted by molar-refractivity contribution is 7.99. The number of hydrogen-bond donors (Lipinski definition) is 1. The Morgan fingerprint density at radius 1 is 1.06 bits per heavy atom. The SMILES string of the molecule is CC(C(=O)NC1CCCCC1)N(CCc1ccccc1)C(=O)CCSc1ccc(Cl)cc1. The van der Waals surface area contributed by atoms with Crippen LogP contribution in [0.4, 0.5) is 0 Å². The van der Waals surface area contributed by atoms with E-state index in [0.29, 0.717) is 23.7 Å². The van der Waals surface area contributed by atoms with Crippen molar-refractivity contribution in [2.75, 3.05) is 12.3 Å². The molecule has 3 rings (SSSR count). The van der Waals surface area contributed by atoms with Crippen molar-refractivity contribution in [3.63, 3.8) is 0 Å². The Kier molecular flexibility index (Phi) is 9.94. The van der Waals surface area contributed by atoms with Gasteiger partial charge in [0.15, 0.2) is 0 Å². The van der Waals surface area contributed by atoms with Gasteiger partial charge in [0, 0.05) is 34.7 Å². The average molecular weight is 473 g/mol. The molecule has 0 radical (unpaired) electrons. The molecule has 1 aliphatic carbocycles. The molecule has 2 aromatic carbocycles. The Bertz CT molecular complexity index is 854. The van der Waals surface area contributed by atoms with Crippen LogP contribution in [0.3, 0.4) is 0 Å². The highest BCUT2D eigenvalue weighted by Gasteiger charge is 2.27. The van der Waals surface area contributed by atoms with Crippen LogP contribution in [0.2, 0.25) is 5.02 Å². The Morgan fingerprint density at radius 2 is 1.75 bits per heavy atom. The van der Waals surface area contributed by atoms with E-state index in [1.165, 1.54) is 12.0 Å². The molecule has 1 atom stereocenters. The molecule has 0 bridgehead atoms. The predicted molar refractivity (Wildman–Crippen MR) is 133 cm³/mol. The molecule has 1 fully saturated rings. The van der Waals surface area contributed by atoms with Crippen LogP contribution in [0.1, 0.15) is 51.0 Å². The summed E-state index contributed by atoms with van der Waals surface area (Å²) < 4.78 is 0. The number of benzene rings is 2. The lowest BCUT2D eigenvalue weighted by Crippen LogP contribution is -2.51. The normalized spacial score (nSPS) is 15.2. The standard InChI is InChI=1S/C26H33ClN2O2S/c1-20(26(31)28-23-10-6-3-7-11-23)29(18-16-21-8-4-2-5-9-21)25(30)17-19-32-24-14-12-22(27)13-15-24/h2,4-5,8-9,12-15,20,23H,3,6-7,10-11,16-19H2,1H3,(H,28,31). The Hall–Kier alpha value is -1.98. The Balaban J connectivity index is 1.59. The lowest BCUT2D eigenvalue weighted by Gasteiger charge is -2.31. The van der Waals surface area contributed by atoms with E-state index in [-0.39, 0.29) is 17.9 Å². The summed E-state index contributed by atoms with van der Waals surface area (Å²) in [6.07, 6.45) is 6.77. The zero-order valence-corrected chi connectivity index (χ0v) is 20.3. The molecule has 0 aliphatic heterocycles. The molecule has 0 saturated heterocycles. The number of hydrogen-bond acceptors (Lipinski definition) is 3. The fourth-order valence-corrected chi connectivity index (χ4v) is 5.04. The van der Waals surface area contributed by atoms with E-state index in [9.17, 15) is 9.59 Å². The van der Waals surface area contributed by atoms with E-state index in [2.05, 4.69) is 17.4 Å². The lowest BCUT2D eigenvalue weighted by atomic mass is 9.95. The number of thioether (sulfide) groups is 1. The molecular weight excluding hydrogens is 440 g/mol. The summed E-state index contributed by atoms with van der Waals surface area (Å²) >= 11 is 7.58. The largest absolute Gasteiger partial charge is 0.352 e. The fraction of sp³-hybridized carbons (Fsp3) is 0.462. The van der Waals surface area contributed by atoms with Gasteiger partial charge in [-0.15, -0.1) is 11.8 Å². The molecule has 32 heavy (non-hydrogen) atoms. The molecule has 0 spiro atoms. The minimum Gasteiger partial charge on any atom is -0.352 e. The maximum Gasteiger partial charge on any atom is 0.242 e. The summed E-state index contributed by atoms with van der Waals surface area (Å²) in [6, 6.07) is 17.5. The highest BCUT2D eigenvalue weighted by atomic mass is 35.5. The smallest absolute Gasteiger partial charge is 0.242 e. The van der Waals surface area contributed by atoms with Gasteiger partial charge < -0.3 is 10.2 Å². The van der Waals surface area contributed by atoms with Gasteiger partial charge in [0.2, 0.25) is 11.8 Å². The van der Waals surface area contributed by atoms with Crippen LogP contribution in [0.5, 0.6) is 0 Å². The molecule has 2 amide bonds. The van der Waals surface area contributed by atoms with Crippen LogP contribution in [0.15, 0.2) is 59.5 Å². The quantitative estimate of drug-likeness (QED) is 0.449. The van der Waals surface area contributed by atoms with Gasteiger partial charge in [-0.3, -0.25) is 9.59 Å². The van der Waals surface area contributed by atoms with Gasteiger partial charge in [-0.05, 0) is 56.0 Å². The summed E-state index contributed by atoms with van der Waals surface area (Å²) in [5, 5.41) is 3.89. The van der Waals surface area contributed by atoms with Gasteiger partial charge in [0.1, 0.15) is 6.04 Å². The van der Waals surface area contributed by atoms with Crippen molar-refractivity contribution in [3.05, 3.63) is 65.2 Å². The number of amides is 2. The Labute approximate surface area is 201 Å². The molecule has 1 aliphatic rings. The van der Waals surface area contributed by atoms with E-state index in [1.54, 1.807) is 16.7 Å². The average Bonchev–Trinajstić information content (AvgIpc) is 2.81. The number of rotatable bonds is 10. The molecule has 6 heteroatoms. The molecule has 2 aromatic rings. The third-order valence-electron chi connectivity index (χ3n) is 6.00. The molecule has 0 aromatic heterocycles. The fourth-order valence-electron chi connectivity index (χ4n) is 4.07. The van der Waals surface area contributed by atoms with Crippen molar-refractivity contribution in [2.45, 2.75) is 68.8 Å². The first-order valence-electron chi connectivity index (χ1n) is 11.5. The first-order valence-corrected chi connectivity index (χ1v) is 12.9. The number of nitrogens with zero attached hydrogens (tertiary/aromatic N) is 1. The summed E-state index contributed by atoms with van der Waals surface area (Å²) in [7, 11) is 0. The second kappa shape index (κ2) is 12.9. The minimum absolute atomic E-state index is 0.0219. The summed E-state index contributed by atoms with van der Waals surface area (Å²) in [5.41, 5.74) is 1.17. The number of nitrogens with one attached hydrogen (secondary N) is 1. The maximum atomic E-state index is 13.2. The second-order valence-electron chi connectivity index (χ2n) is 8.39. The number of carbonyl (C=O) groups excluding carboxylic acids is 2. The van der Waals surface area contributed by atoms with Gasteiger partial charge in [-0.1, -0.05) is 61.2 Å². The topological polar surface area (TPSA) is 49.4 Å². The van der Waals surface area contributed by atoms with Crippen LogP contribution < -0.4 is 5.32 Å². The lowest BCUT2D eigenvalue weighted by molar-refractivity contribution is -0.140. The van der Waals surface area contributed by atoms with Gasteiger partial charge in [-0.2, -0.15) is 0 Å². The molecule has 1 N–H and O–H groups in total. The number of halogens is 1. The third kappa shape index (κ3) is 7.86. The monoisotopic (exact) mass is 472 g/mol. The van der Waals surface area contributed by atoms with Crippen molar-refractivity contribution in [3.8, 4) is 0 Å². The van der Waals surface area contributed by atoms with Crippen molar-refractivity contribution < 1.29 is 9.59 Å². The van der Waals surface area contributed by atoms with Gasteiger partial charge in [-0.25, -0.2) is 0 Å². The zero-order valence-electron chi connectivity index (χ0n) is 18.8. The van der Waals surface area contributed by atoms with Gasteiger partial charge >= 0.3 is 0 Å². The molecule has 0 heterocycles. The second-order valence-corrected chi connectivity index (χ2v) is 10.00. The summed E-state index contributed by atoms with van der Waals surface area (Å²) in [5.74, 6) is 0.650. The van der Waals surface area contributed by atoms with Crippen molar-refractivity contribution in [2.24, 2.45) is 0 Å². The van der Waals surface area contributed by atoms with Crippen molar-refractivity contribution in [1.82, 2.24) is 10.2 Å². The number of carbonyl (C=O) groups is 2. The summed E-state index contributed by atoms with van der Waals surface area (Å²) in [4.78, 5) is 29.0. The maximum absolute atomic E-state index is 13.2. The molecule has 172 valence electrons. The first kappa shape index (κ1) is 24.7. The summed E-state index contributed by atoms with van der Waals surface area (Å²) in [6.45, 7) is 2.39. The van der Waals surface area contributed by atoms with Crippen LogP contribution in [0, 0.1) is 0 Å². The van der Waals surface area contributed by atoms with E-state index in [1.807, 2.05) is 49.4 Å². The van der Waals surface area contributed by atoms with Crippen molar-refractivity contribution in [1.29, 1.82) is 0 Å². The zero-order chi connectivity index (χ0) is 22.8. The Morgan fingerprint density at radius 3 is 2.44 bits per heavy atom. The minimum atomic E-state index is -0.478. The molecular formula is C26H33ClN2O2S. The van der Waals surface area contributed by atoms with E-state index >= 15 is 0 Å². The van der Waals surface area contributed by atoms with E-state index in [4.69, 9.17) is 11.6 Å². The predicted octanol–water partition coefficient (Wildman–Crippen LogP) is 5.73. The van der Waals surface area contributed by atoms with Crippen LogP contribution in [-0.4, -0.2) is 41.1 Å². The molecule has 1 unspecified atom stereocenters. The van der Waals surface area contributed by atoms with Crippen LogP contribution >= 0.6 is 23.4 Å². The van der Waals surface area contributed by atoms with Crippen molar-refractivity contribution >= 4 is 35.2 Å². The van der Waals surface area contributed by atoms with E-state index < -0.39 is 6.04 Å². The van der Waals surface area contributed by atoms with Crippen LogP contribution in [0.25, 0.3) is 0 Å². The van der Waals surface area contributed by atoms with Gasteiger partial charge in [0.25, 0.3) is 0 Å². The van der Waals surface area contributed by atoms with Gasteiger partial charge in [0.05, 0.1) is 0 Å². The van der Waals surface area contributed by atoms with E-state index in [0.717, 1.165) is 37.0 Å². The molecule has 1 saturated carbocycles. The molecule has 4 nitrogen and oxygen atoms in total. The van der Waals surface area contributed by atoms with Crippen LogP contribution in [-0.2, 0) is 16.0 Å².